The molecule has 1 aromatic carbocycles. The summed E-state index contributed by atoms with van der Waals surface area (Å²) in [5.41, 5.74) is 12.6. The molecular weight excluding hydrogens is 264 g/mol. The Morgan fingerprint density at radius 1 is 1.47 bits per heavy atom. The maximum absolute atomic E-state index is 12.0. The number of hydrogen-bond donors (Lipinski definition) is 2. The van der Waals surface area contributed by atoms with Crippen LogP contribution in [0.4, 0.5) is 5.69 Å². The second kappa shape index (κ2) is 6.16. The van der Waals surface area contributed by atoms with Gasteiger partial charge < -0.3 is 16.2 Å². The third kappa shape index (κ3) is 3.78. The number of nitrogens with two attached hydrogens (primary N) is 2. The van der Waals surface area contributed by atoms with Crippen LogP contribution in [-0.2, 0) is 21.3 Å². The predicted octanol–water partition coefficient (Wildman–Crippen LogP) is 0.795. The molecule has 1 heterocycles. The summed E-state index contributed by atoms with van der Waals surface area (Å²) in [6.45, 7) is 0.761. The summed E-state index contributed by atoms with van der Waals surface area (Å²) in [5, 5.41) is 0. The van der Waals surface area contributed by atoms with Crippen LogP contribution in [0.5, 0.6) is 0 Å². The molecule has 1 fully saturated rings. The minimum atomic E-state index is -1.01. The van der Waals surface area contributed by atoms with Gasteiger partial charge in [-0.2, -0.15) is 0 Å². The van der Waals surface area contributed by atoms with Crippen LogP contribution in [0.2, 0.25) is 0 Å². The van der Waals surface area contributed by atoms with Crippen LogP contribution in [0.3, 0.4) is 0 Å². The largest absolute Gasteiger partial charge is 0.398 e. The second-order valence-electron chi connectivity index (χ2n) is 4.66. The van der Waals surface area contributed by atoms with Gasteiger partial charge in [-0.15, -0.1) is 0 Å². The molecule has 0 bridgehead atoms. The van der Waals surface area contributed by atoms with E-state index in [4.69, 9.17) is 16.2 Å². The van der Waals surface area contributed by atoms with E-state index in [-0.39, 0.29) is 6.10 Å². The lowest BCUT2D eigenvalue weighted by molar-refractivity contribution is 0.100. The molecule has 2 atom stereocenters. The Hall–Kier alpha value is -1.40. The van der Waals surface area contributed by atoms with Crippen molar-refractivity contribution < 1.29 is 13.7 Å². The molecule has 1 aromatic rings. The van der Waals surface area contributed by atoms with E-state index in [2.05, 4.69) is 0 Å². The zero-order valence-corrected chi connectivity index (χ0v) is 11.4. The molecule has 104 valence electrons. The van der Waals surface area contributed by atoms with Crippen molar-refractivity contribution in [1.82, 2.24) is 0 Å². The van der Waals surface area contributed by atoms with Gasteiger partial charge in [-0.3, -0.25) is 9.00 Å². The fourth-order valence-corrected chi connectivity index (χ4v) is 3.50. The second-order valence-corrected chi connectivity index (χ2v) is 6.17. The number of carbonyl (C=O) groups is 1. The third-order valence-electron chi connectivity index (χ3n) is 3.14. The van der Waals surface area contributed by atoms with Crippen molar-refractivity contribution in [2.75, 3.05) is 18.1 Å². The van der Waals surface area contributed by atoms with E-state index in [1.807, 2.05) is 0 Å². The summed E-state index contributed by atoms with van der Waals surface area (Å²) in [6.07, 6.45) is 2.12. The maximum Gasteiger partial charge on any atom is 0.248 e. The van der Waals surface area contributed by atoms with Crippen molar-refractivity contribution in [3.05, 3.63) is 29.3 Å². The number of rotatable bonds is 5. The van der Waals surface area contributed by atoms with E-state index in [1.165, 1.54) is 6.07 Å². The zero-order valence-electron chi connectivity index (χ0n) is 10.6. The van der Waals surface area contributed by atoms with Crippen LogP contribution in [0.1, 0.15) is 28.8 Å². The van der Waals surface area contributed by atoms with E-state index in [0.29, 0.717) is 22.8 Å². The smallest absolute Gasteiger partial charge is 0.248 e. The summed E-state index contributed by atoms with van der Waals surface area (Å²) in [7, 11) is -1.01. The summed E-state index contributed by atoms with van der Waals surface area (Å²) in [6, 6.07) is 4.85. The van der Waals surface area contributed by atoms with Crippen molar-refractivity contribution in [1.29, 1.82) is 0 Å². The highest BCUT2D eigenvalue weighted by Gasteiger charge is 2.19. The van der Waals surface area contributed by atoms with Crippen molar-refractivity contribution >= 4 is 22.4 Å². The van der Waals surface area contributed by atoms with Gasteiger partial charge in [0.25, 0.3) is 0 Å². The van der Waals surface area contributed by atoms with Gasteiger partial charge in [-0.05, 0) is 30.5 Å². The quantitative estimate of drug-likeness (QED) is 0.781. The maximum atomic E-state index is 12.0. The summed E-state index contributed by atoms with van der Waals surface area (Å²) < 4.78 is 17.5. The van der Waals surface area contributed by atoms with Gasteiger partial charge in [0.2, 0.25) is 5.91 Å². The lowest BCUT2D eigenvalue weighted by Gasteiger charge is -2.10. The van der Waals surface area contributed by atoms with Gasteiger partial charge in [-0.25, -0.2) is 0 Å². The van der Waals surface area contributed by atoms with Crippen molar-refractivity contribution in [3.63, 3.8) is 0 Å². The number of carbonyl (C=O) groups excluding carboxylic acids is 1. The number of nitrogen functional groups attached to an aromatic ring is 1. The molecule has 1 aliphatic rings. The van der Waals surface area contributed by atoms with Gasteiger partial charge in [0, 0.05) is 28.7 Å². The molecule has 1 amide bonds. The Morgan fingerprint density at radius 3 is 2.84 bits per heavy atom. The predicted molar refractivity (Wildman–Crippen MR) is 75.1 cm³/mol. The number of benzene rings is 1. The van der Waals surface area contributed by atoms with Gasteiger partial charge in [-0.1, -0.05) is 6.07 Å². The highest BCUT2D eigenvalue weighted by atomic mass is 32.2. The van der Waals surface area contributed by atoms with Crippen LogP contribution in [0.15, 0.2) is 18.2 Å². The van der Waals surface area contributed by atoms with Crippen molar-refractivity contribution in [3.8, 4) is 0 Å². The molecule has 1 saturated heterocycles. The lowest BCUT2D eigenvalue weighted by Crippen LogP contribution is -2.17. The third-order valence-corrected chi connectivity index (χ3v) is 4.52. The molecule has 0 saturated carbocycles. The molecule has 0 spiro atoms. The average molecular weight is 282 g/mol. The SMILES string of the molecule is NC(=O)c1ccc(CS(=O)CC2CCCO2)c(N)c1. The van der Waals surface area contributed by atoms with Gasteiger partial charge in [0.1, 0.15) is 0 Å². The summed E-state index contributed by atoms with van der Waals surface area (Å²) in [4.78, 5) is 11.0. The van der Waals surface area contributed by atoms with Crippen LogP contribution in [0.25, 0.3) is 0 Å². The Bertz CT molecular complexity index is 499. The van der Waals surface area contributed by atoms with E-state index in [1.54, 1.807) is 12.1 Å². The first kappa shape index (κ1) is 14.0. The van der Waals surface area contributed by atoms with Gasteiger partial charge >= 0.3 is 0 Å². The van der Waals surface area contributed by atoms with Crippen LogP contribution >= 0.6 is 0 Å². The molecule has 5 nitrogen and oxygen atoms in total. The molecule has 6 heteroatoms. The first-order valence-corrected chi connectivity index (χ1v) is 7.70. The molecule has 0 aliphatic carbocycles. The normalized spacial score (nSPS) is 20.3. The minimum Gasteiger partial charge on any atom is -0.398 e. The van der Waals surface area contributed by atoms with Crippen LogP contribution in [-0.4, -0.2) is 28.6 Å². The molecule has 4 N–H and O–H groups in total. The molecule has 19 heavy (non-hydrogen) atoms. The first-order valence-electron chi connectivity index (χ1n) is 6.21. The molecule has 1 aliphatic heterocycles. The highest BCUT2D eigenvalue weighted by molar-refractivity contribution is 7.84. The van der Waals surface area contributed by atoms with Crippen LogP contribution < -0.4 is 11.5 Å². The average Bonchev–Trinajstić information content (AvgIpc) is 2.84. The van der Waals surface area contributed by atoms with Gasteiger partial charge in [0.05, 0.1) is 17.6 Å². The van der Waals surface area contributed by atoms with E-state index in [0.717, 1.165) is 25.0 Å². The first-order chi connectivity index (χ1) is 9.06. The van der Waals surface area contributed by atoms with Crippen LogP contribution in [0, 0.1) is 0 Å². The standard InChI is InChI=1S/C13H18N2O3S/c14-12-6-9(13(15)16)3-4-10(12)7-19(17)8-11-2-1-5-18-11/h3-4,6,11H,1-2,5,7-8,14H2,(H2,15,16). The Labute approximate surface area is 114 Å². The molecule has 0 aromatic heterocycles. The zero-order chi connectivity index (χ0) is 13.8. The van der Waals surface area contributed by atoms with E-state index < -0.39 is 16.7 Å². The Morgan fingerprint density at radius 2 is 2.26 bits per heavy atom. The highest BCUT2D eigenvalue weighted by Crippen LogP contribution is 2.18. The van der Waals surface area contributed by atoms with Crippen molar-refractivity contribution in [2.24, 2.45) is 5.73 Å². The van der Waals surface area contributed by atoms with E-state index in [9.17, 15) is 9.00 Å². The molecule has 2 unspecified atom stereocenters. The molecular formula is C13H18N2O3S. The number of ether oxygens (including phenoxy) is 1. The van der Waals surface area contributed by atoms with E-state index >= 15 is 0 Å². The summed E-state index contributed by atoms with van der Waals surface area (Å²) in [5.74, 6) is 0.403. The topological polar surface area (TPSA) is 95.4 Å². The summed E-state index contributed by atoms with van der Waals surface area (Å²) >= 11 is 0. The lowest BCUT2D eigenvalue weighted by atomic mass is 10.1. The Kier molecular flexibility index (Phi) is 4.55. The fourth-order valence-electron chi connectivity index (χ4n) is 2.10. The number of anilines is 1. The molecule has 2 rings (SSSR count). The number of hydrogen-bond acceptors (Lipinski definition) is 4. The number of primary amides is 1. The number of amides is 1. The van der Waals surface area contributed by atoms with Crippen molar-refractivity contribution in [2.45, 2.75) is 24.7 Å². The Balaban J connectivity index is 1.98. The molecule has 0 radical (unpaired) electrons. The minimum absolute atomic E-state index is 0.104. The monoisotopic (exact) mass is 282 g/mol. The van der Waals surface area contributed by atoms with Gasteiger partial charge in [0.15, 0.2) is 0 Å². The fraction of sp³-hybridized carbons (Fsp3) is 0.462.